The molecule has 0 atom stereocenters. The van der Waals surface area contributed by atoms with Crippen molar-refractivity contribution in [1.29, 1.82) is 0 Å². The highest BCUT2D eigenvalue weighted by molar-refractivity contribution is 6.32. The van der Waals surface area contributed by atoms with Gasteiger partial charge in [0.15, 0.2) is 0 Å². The molecule has 3 nitrogen and oxygen atoms in total. The van der Waals surface area contributed by atoms with Crippen molar-refractivity contribution in [3.05, 3.63) is 64.8 Å². The molecule has 1 heterocycles. The Morgan fingerprint density at radius 2 is 2.21 bits per heavy atom. The number of amides is 1. The van der Waals surface area contributed by atoms with E-state index in [0.29, 0.717) is 5.76 Å². The third-order valence-electron chi connectivity index (χ3n) is 2.42. The topological polar surface area (TPSA) is 42.2 Å². The molecule has 0 radical (unpaired) electrons. The first kappa shape index (κ1) is 13.4. The van der Waals surface area contributed by atoms with Crippen molar-refractivity contribution >= 4 is 23.6 Å². The Kier molecular flexibility index (Phi) is 4.36. The second-order valence-electron chi connectivity index (χ2n) is 3.77. The van der Waals surface area contributed by atoms with E-state index in [1.165, 1.54) is 30.5 Å². The van der Waals surface area contributed by atoms with Gasteiger partial charge in [0.2, 0.25) is 5.91 Å². The highest BCUT2D eigenvalue weighted by Gasteiger charge is 2.04. The minimum absolute atomic E-state index is 0.192. The molecule has 19 heavy (non-hydrogen) atoms. The zero-order valence-electron chi connectivity index (χ0n) is 9.90. The highest BCUT2D eigenvalue weighted by atomic mass is 35.5. The van der Waals surface area contributed by atoms with Gasteiger partial charge in [0.25, 0.3) is 0 Å². The Morgan fingerprint density at radius 3 is 2.89 bits per heavy atom. The fourth-order valence-electron chi connectivity index (χ4n) is 1.48. The summed E-state index contributed by atoms with van der Waals surface area (Å²) in [4.78, 5) is 11.5. The molecule has 0 fully saturated rings. The van der Waals surface area contributed by atoms with Gasteiger partial charge in [-0.25, -0.2) is 4.39 Å². The van der Waals surface area contributed by atoms with Gasteiger partial charge in [-0.15, -0.1) is 0 Å². The summed E-state index contributed by atoms with van der Waals surface area (Å²) in [6.45, 7) is 0.279. The van der Waals surface area contributed by atoms with Crippen LogP contribution >= 0.6 is 11.6 Å². The molecule has 98 valence electrons. The van der Waals surface area contributed by atoms with Crippen molar-refractivity contribution in [1.82, 2.24) is 5.32 Å². The van der Waals surface area contributed by atoms with E-state index < -0.39 is 5.82 Å². The molecular formula is C14H11ClFNO2. The lowest BCUT2D eigenvalue weighted by atomic mass is 10.2. The number of hydrogen-bond acceptors (Lipinski definition) is 2. The predicted molar refractivity (Wildman–Crippen MR) is 71.0 cm³/mol. The van der Waals surface area contributed by atoms with Gasteiger partial charge in [-0.2, -0.15) is 0 Å². The maximum Gasteiger partial charge on any atom is 0.244 e. The van der Waals surface area contributed by atoms with Gasteiger partial charge in [-0.3, -0.25) is 4.79 Å². The lowest BCUT2D eigenvalue weighted by Crippen LogP contribution is -2.19. The van der Waals surface area contributed by atoms with Crippen LogP contribution < -0.4 is 5.32 Å². The molecule has 1 N–H and O–H groups in total. The van der Waals surface area contributed by atoms with Crippen LogP contribution in [0, 0.1) is 5.82 Å². The normalized spacial score (nSPS) is 10.8. The van der Waals surface area contributed by atoms with Gasteiger partial charge in [0.1, 0.15) is 11.6 Å². The van der Waals surface area contributed by atoms with Gasteiger partial charge >= 0.3 is 0 Å². The number of nitrogens with one attached hydrogen (secondary N) is 1. The minimum atomic E-state index is -0.470. The molecule has 0 saturated heterocycles. The second kappa shape index (κ2) is 6.20. The van der Waals surface area contributed by atoms with Crippen LogP contribution in [0.4, 0.5) is 4.39 Å². The van der Waals surface area contributed by atoms with E-state index in [1.807, 2.05) is 0 Å². The summed E-state index contributed by atoms with van der Waals surface area (Å²) >= 11 is 5.83. The summed E-state index contributed by atoms with van der Waals surface area (Å²) in [6, 6.07) is 7.83. The van der Waals surface area contributed by atoms with Gasteiger partial charge in [-0.05, 0) is 30.3 Å². The zero-order valence-corrected chi connectivity index (χ0v) is 10.7. The third-order valence-corrected chi connectivity index (χ3v) is 2.75. The van der Waals surface area contributed by atoms with Crippen LogP contribution in [0.1, 0.15) is 11.3 Å². The Balaban J connectivity index is 1.96. The first-order chi connectivity index (χ1) is 9.16. The summed E-state index contributed by atoms with van der Waals surface area (Å²) in [7, 11) is 0. The van der Waals surface area contributed by atoms with Gasteiger partial charge in [-0.1, -0.05) is 17.7 Å². The number of carbonyl (C=O) groups excluding carboxylic acids is 1. The zero-order chi connectivity index (χ0) is 13.7. The fraction of sp³-hybridized carbons (Fsp3) is 0.0714. The molecule has 2 rings (SSSR count). The van der Waals surface area contributed by atoms with Crippen molar-refractivity contribution in [2.24, 2.45) is 0 Å². The summed E-state index contributed by atoms with van der Waals surface area (Å²) in [5.74, 6) is -0.177. The smallest absolute Gasteiger partial charge is 0.244 e. The molecule has 0 spiro atoms. The van der Waals surface area contributed by atoms with Crippen LogP contribution in [0.5, 0.6) is 0 Å². The molecule has 1 aromatic carbocycles. The van der Waals surface area contributed by atoms with Crippen LogP contribution in [0.15, 0.2) is 47.1 Å². The molecule has 1 amide bonds. The average molecular weight is 280 g/mol. The maximum absolute atomic E-state index is 13.4. The molecule has 0 aliphatic heterocycles. The molecule has 2 aromatic rings. The van der Waals surface area contributed by atoms with Crippen LogP contribution in [0.3, 0.4) is 0 Å². The van der Waals surface area contributed by atoms with Crippen LogP contribution in [-0.2, 0) is 11.3 Å². The molecule has 1 aromatic heterocycles. The summed E-state index contributed by atoms with van der Waals surface area (Å²) < 4.78 is 18.5. The van der Waals surface area contributed by atoms with Crippen molar-refractivity contribution in [2.45, 2.75) is 6.54 Å². The lowest BCUT2D eigenvalue weighted by Gasteiger charge is -2.00. The molecule has 0 aliphatic rings. The van der Waals surface area contributed by atoms with E-state index in [-0.39, 0.29) is 23.0 Å². The number of hydrogen-bond donors (Lipinski definition) is 1. The number of halogens is 2. The number of rotatable bonds is 4. The van der Waals surface area contributed by atoms with Gasteiger partial charge in [0.05, 0.1) is 17.8 Å². The average Bonchev–Trinajstić information content (AvgIpc) is 2.89. The van der Waals surface area contributed by atoms with Gasteiger partial charge < -0.3 is 9.73 Å². The van der Waals surface area contributed by atoms with E-state index in [4.69, 9.17) is 16.0 Å². The van der Waals surface area contributed by atoms with Crippen LogP contribution in [0.2, 0.25) is 5.02 Å². The first-order valence-electron chi connectivity index (χ1n) is 5.59. The van der Waals surface area contributed by atoms with Crippen molar-refractivity contribution in [3.8, 4) is 0 Å². The van der Waals surface area contributed by atoms with Crippen LogP contribution in [-0.4, -0.2) is 5.91 Å². The lowest BCUT2D eigenvalue weighted by molar-refractivity contribution is -0.116. The predicted octanol–water partition coefficient (Wildman–Crippen LogP) is 3.40. The molecule has 5 heteroatoms. The molecule has 0 unspecified atom stereocenters. The van der Waals surface area contributed by atoms with Crippen molar-refractivity contribution in [3.63, 3.8) is 0 Å². The molecular weight excluding hydrogens is 269 g/mol. The Hall–Kier alpha value is -2.07. The fourth-order valence-corrected chi connectivity index (χ4v) is 1.70. The molecule has 0 bridgehead atoms. The van der Waals surface area contributed by atoms with E-state index in [2.05, 4.69) is 5.32 Å². The van der Waals surface area contributed by atoms with Crippen molar-refractivity contribution < 1.29 is 13.6 Å². The summed E-state index contributed by atoms with van der Waals surface area (Å²) in [6.07, 6.45) is 4.10. The number of furan rings is 1. The Bertz CT molecular complexity index is 573. The van der Waals surface area contributed by atoms with Crippen molar-refractivity contribution in [2.75, 3.05) is 0 Å². The third kappa shape index (κ3) is 3.69. The standard InChI is InChI=1S/C14H11ClFNO2/c15-12-4-1-5-13(16)11(12)6-7-14(18)17-9-10-3-2-8-19-10/h1-8H,9H2,(H,17,18). The summed E-state index contributed by atoms with van der Waals surface area (Å²) in [5, 5.41) is 2.87. The highest BCUT2D eigenvalue weighted by Crippen LogP contribution is 2.20. The Labute approximate surface area is 114 Å². The molecule has 0 aliphatic carbocycles. The summed E-state index contributed by atoms with van der Waals surface area (Å²) in [5.41, 5.74) is 0.192. The minimum Gasteiger partial charge on any atom is -0.467 e. The number of benzene rings is 1. The number of carbonyl (C=O) groups is 1. The van der Waals surface area contributed by atoms with E-state index in [0.717, 1.165) is 0 Å². The quantitative estimate of drug-likeness (QED) is 0.872. The Morgan fingerprint density at radius 1 is 1.37 bits per heavy atom. The maximum atomic E-state index is 13.4. The molecule has 0 saturated carbocycles. The van der Waals surface area contributed by atoms with Crippen LogP contribution in [0.25, 0.3) is 6.08 Å². The van der Waals surface area contributed by atoms with E-state index in [9.17, 15) is 9.18 Å². The SMILES string of the molecule is O=C(C=Cc1c(F)cccc1Cl)NCc1ccco1. The largest absolute Gasteiger partial charge is 0.467 e. The van der Waals surface area contributed by atoms with E-state index in [1.54, 1.807) is 18.2 Å². The van der Waals surface area contributed by atoms with Gasteiger partial charge in [0, 0.05) is 11.6 Å². The van der Waals surface area contributed by atoms with E-state index >= 15 is 0 Å². The monoisotopic (exact) mass is 279 g/mol. The second-order valence-corrected chi connectivity index (χ2v) is 4.17. The first-order valence-corrected chi connectivity index (χ1v) is 5.97.